The summed E-state index contributed by atoms with van der Waals surface area (Å²) in [4.78, 5) is 10.9. The largest absolute Gasteiger partial charge is 1.00 e. The van der Waals surface area contributed by atoms with Crippen molar-refractivity contribution in [2.45, 2.75) is 103 Å². The summed E-state index contributed by atoms with van der Waals surface area (Å²) in [5, 5.41) is 2.91. The van der Waals surface area contributed by atoms with Crippen molar-refractivity contribution in [2.24, 2.45) is 0 Å². The van der Waals surface area contributed by atoms with E-state index in [0.717, 1.165) is 47.5 Å². The third kappa shape index (κ3) is 13.4. The van der Waals surface area contributed by atoms with Gasteiger partial charge in [0, 0.05) is 52.9 Å². The van der Waals surface area contributed by atoms with Gasteiger partial charge in [0.05, 0.1) is 31.5 Å². The number of fused-ring (bicyclic) bond motifs is 6. The number of hydrogen-bond donors (Lipinski definition) is 1. The van der Waals surface area contributed by atoms with Gasteiger partial charge in [0.25, 0.3) is 0 Å². The fourth-order valence-corrected chi connectivity index (χ4v) is 12.5. The molecule has 2 heterocycles. The van der Waals surface area contributed by atoms with E-state index in [2.05, 4.69) is 17.3 Å². The molecule has 0 fully saturated rings. The molecule has 4 aromatic carbocycles. The summed E-state index contributed by atoms with van der Waals surface area (Å²) in [5.74, 6) is 2.20. The first kappa shape index (κ1) is 62.9. The molecule has 1 aliphatic carbocycles. The fourth-order valence-electron chi connectivity index (χ4n) is 9.86. The summed E-state index contributed by atoms with van der Waals surface area (Å²) in [6.45, 7) is 8.10. The average Bonchev–Trinajstić information content (AvgIpc) is 3.58. The Balaban J connectivity index is 0.00000365. The van der Waals surface area contributed by atoms with Crippen LogP contribution in [0.4, 0.5) is 11.4 Å². The minimum absolute atomic E-state index is 0. The van der Waals surface area contributed by atoms with Gasteiger partial charge in [-0.3, -0.25) is 4.79 Å². The Labute approximate surface area is 543 Å². The number of carbonyl (C=O) groups excluding carboxylic acids is 1. The first-order valence-corrected chi connectivity index (χ1v) is 27.1. The van der Waals surface area contributed by atoms with Gasteiger partial charge in [-0.1, -0.05) is 50.5 Å². The van der Waals surface area contributed by atoms with Crippen LogP contribution in [-0.4, -0.2) is 88.2 Å². The van der Waals surface area contributed by atoms with Gasteiger partial charge in [0.2, 0.25) is 11.6 Å². The maximum atomic E-state index is 12.5. The van der Waals surface area contributed by atoms with Crippen molar-refractivity contribution in [3.05, 3.63) is 107 Å². The normalized spacial score (nSPS) is 17.6. The fraction of sp³-hybridized carbons (Fsp3) is 0.333. The Hall–Kier alpha value is -0.591. The van der Waals surface area contributed by atoms with Crippen LogP contribution < -0.4 is 164 Å². The van der Waals surface area contributed by atoms with Crippen LogP contribution in [0.3, 0.4) is 0 Å². The topological polar surface area (TPSA) is 264 Å². The standard InChI is InChI=1S/C48H51N3O13S4.3K/c1-7-23-49-44(52)14-9-8-10-24-51-39-20-18-35-37(27-33(66(56,57)58)29-41(35)68(62,63)64)46(39)48(4,5)43(51)22-16-31-13-11-12-30(25-31)15-21-42-47(2,3)45-36-26-32(65(53,54)55)28-40(67(59,60)61)34(36)17-19-38(45)50(42)6;;;/h1,15-22,25-29H,8-14,23-24H2,2-6H3,(H4-,49,52,53,54,55,56,57,58,59,60,61,62,63,64);;;/q;3*+1/p-3. The van der Waals surface area contributed by atoms with Gasteiger partial charge in [-0.25, -0.2) is 33.7 Å². The van der Waals surface area contributed by atoms with Gasteiger partial charge < -0.3 is 28.4 Å². The molecule has 1 amide bonds. The zero-order valence-electron chi connectivity index (χ0n) is 40.8. The van der Waals surface area contributed by atoms with Crippen LogP contribution in [0.2, 0.25) is 0 Å². The number of terminal acetylenes is 1. The van der Waals surface area contributed by atoms with E-state index in [1.54, 1.807) is 19.2 Å². The van der Waals surface area contributed by atoms with E-state index in [9.17, 15) is 56.7 Å². The van der Waals surface area contributed by atoms with Gasteiger partial charge in [-0.15, -0.1) is 6.42 Å². The Morgan fingerprint density at radius 1 is 0.718 bits per heavy atom. The van der Waals surface area contributed by atoms with Crippen LogP contribution in [0.5, 0.6) is 0 Å². The van der Waals surface area contributed by atoms with E-state index in [0.29, 0.717) is 66.9 Å². The molecule has 0 radical (unpaired) electrons. The third-order valence-electron chi connectivity index (χ3n) is 12.9. The molecule has 0 aromatic heterocycles. The Morgan fingerprint density at radius 2 is 1.28 bits per heavy atom. The number of unbranched alkanes of at least 4 members (excludes halogenated alkanes) is 2. The summed E-state index contributed by atoms with van der Waals surface area (Å²) in [7, 11) is -18.9. The molecule has 4 aromatic rings. The molecule has 3 aliphatic rings. The van der Waals surface area contributed by atoms with E-state index in [4.69, 9.17) is 6.42 Å². The second-order valence-corrected chi connectivity index (χ2v) is 23.6. The SMILES string of the molecule is C#CCNC(=O)CCCCCN1/C(=C\C=C2C=C(/C=C/C3=[N+](C)c4ccc5c(S(=O)(=O)[O-])cc(S(=O)(=O)[O-])cc5c4C3(C)C)CCC/2)C(C)(C)c2c1ccc1c(S(=O)(=O)[O-])cc(S(=O)(=O)[O-])cc21.[K+].[K+].[K+]. The quantitative estimate of drug-likeness (QED) is 0.0440. The van der Waals surface area contributed by atoms with Crippen LogP contribution >= 0.6 is 0 Å². The average molecular weight is 1120 g/mol. The number of rotatable bonds is 14. The zero-order valence-corrected chi connectivity index (χ0v) is 53.4. The van der Waals surface area contributed by atoms with Crippen LogP contribution in [0.15, 0.2) is 115 Å². The molecule has 360 valence electrons. The molecule has 71 heavy (non-hydrogen) atoms. The first-order chi connectivity index (χ1) is 31.6. The van der Waals surface area contributed by atoms with Gasteiger partial charge >= 0.3 is 154 Å². The zero-order chi connectivity index (χ0) is 49.9. The smallest absolute Gasteiger partial charge is 0.744 e. The third-order valence-corrected chi connectivity index (χ3v) is 16.3. The summed E-state index contributed by atoms with van der Waals surface area (Å²) >= 11 is 0. The summed E-state index contributed by atoms with van der Waals surface area (Å²) < 4.78 is 150. The van der Waals surface area contributed by atoms with Crippen molar-refractivity contribution in [3.63, 3.8) is 0 Å². The summed E-state index contributed by atoms with van der Waals surface area (Å²) in [5.41, 5.74) is 4.00. The van der Waals surface area contributed by atoms with Gasteiger partial charge in [-0.05, 0) is 121 Å². The Morgan fingerprint density at radius 3 is 1.83 bits per heavy atom. The second-order valence-electron chi connectivity index (χ2n) is 18.1. The van der Waals surface area contributed by atoms with Crippen molar-refractivity contribution in [2.75, 3.05) is 25.0 Å². The monoisotopic (exact) mass is 1120 g/mol. The molecule has 0 spiro atoms. The molecule has 0 bridgehead atoms. The number of carbonyl (C=O) groups is 1. The van der Waals surface area contributed by atoms with E-state index >= 15 is 0 Å². The second kappa shape index (κ2) is 24.0. The number of amides is 1. The molecule has 2 aliphatic heterocycles. The molecule has 16 nitrogen and oxygen atoms in total. The summed E-state index contributed by atoms with van der Waals surface area (Å²) in [6, 6.07) is 9.64. The van der Waals surface area contributed by atoms with Crippen LogP contribution in [0.25, 0.3) is 21.5 Å². The van der Waals surface area contributed by atoms with Gasteiger partial charge in [-0.2, -0.15) is 4.58 Å². The van der Waals surface area contributed by atoms with Crippen molar-refractivity contribution < 1.29 is 215 Å². The van der Waals surface area contributed by atoms with Gasteiger partial charge in [0.15, 0.2) is 5.71 Å². The van der Waals surface area contributed by atoms with E-state index in [1.807, 2.05) is 61.5 Å². The van der Waals surface area contributed by atoms with Crippen molar-refractivity contribution in [1.29, 1.82) is 0 Å². The van der Waals surface area contributed by atoms with Crippen LogP contribution in [0, 0.1) is 12.3 Å². The number of hydrogen-bond acceptors (Lipinski definition) is 14. The maximum Gasteiger partial charge on any atom is 1.00 e. The van der Waals surface area contributed by atoms with E-state index < -0.39 is 70.9 Å². The molecule has 0 saturated heterocycles. The Kier molecular flexibility index (Phi) is 21.3. The minimum Gasteiger partial charge on any atom is -0.744 e. The molecular formula is C48H48K3N3O13S4. The predicted octanol–water partition coefficient (Wildman–Crippen LogP) is -2.79. The van der Waals surface area contributed by atoms with Crippen molar-refractivity contribution in [1.82, 2.24) is 5.32 Å². The van der Waals surface area contributed by atoms with Crippen LogP contribution in [0.1, 0.15) is 83.8 Å². The predicted molar refractivity (Wildman–Crippen MR) is 252 cm³/mol. The number of anilines is 1. The number of allylic oxidation sites excluding steroid dienone is 8. The van der Waals surface area contributed by atoms with Crippen molar-refractivity contribution in [3.8, 4) is 12.3 Å². The van der Waals surface area contributed by atoms with Crippen molar-refractivity contribution >= 4 is 85.0 Å². The maximum absolute atomic E-state index is 12.5. The number of nitrogens with one attached hydrogen (secondary N) is 1. The molecule has 23 heteroatoms. The molecule has 0 saturated carbocycles. The van der Waals surface area contributed by atoms with Crippen LogP contribution in [-0.2, 0) is 56.1 Å². The number of benzene rings is 4. The Bertz CT molecular complexity index is 3520. The van der Waals surface area contributed by atoms with E-state index in [1.165, 1.54) is 12.1 Å². The molecule has 0 unspecified atom stereocenters. The molecule has 7 rings (SSSR count). The van der Waals surface area contributed by atoms with E-state index in [-0.39, 0.29) is 195 Å². The molecule has 0 atom stereocenters. The first-order valence-electron chi connectivity index (χ1n) is 21.5. The van der Waals surface area contributed by atoms with Gasteiger partial charge in [0.1, 0.15) is 47.5 Å². The molecule has 1 N–H and O–H groups in total. The number of nitrogens with zero attached hydrogens (tertiary/aromatic N) is 2. The minimum atomic E-state index is -5.22. The summed E-state index contributed by atoms with van der Waals surface area (Å²) in [6.07, 6.45) is 19.5. The molecular weight excluding hydrogens is 1070 g/mol.